The van der Waals surface area contributed by atoms with Gasteiger partial charge in [0.25, 0.3) is 10.0 Å². The number of rotatable bonds is 4. The van der Waals surface area contributed by atoms with Crippen molar-refractivity contribution in [2.75, 3.05) is 4.72 Å². The van der Waals surface area contributed by atoms with Crippen LogP contribution in [0.1, 0.15) is 15.9 Å². The fourth-order valence-corrected chi connectivity index (χ4v) is 2.61. The first-order valence-corrected chi connectivity index (χ1v) is 7.22. The third-order valence-electron chi connectivity index (χ3n) is 2.61. The van der Waals surface area contributed by atoms with Crippen LogP contribution in [0.25, 0.3) is 0 Å². The molecule has 1 aromatic heterocycles. The Morgan fingerprint density at radius 2 is 2.05 bits per heavy atom. The van der Waals surface area contributed by atoms with Crippen LogP contribution in [-0.4, -0.2) is 24.5 Å². The second kappa shape index (κ2) is 5.79. The monoisotopic (exact) mass is 321 g/mol. The van der Waals surface area contributed by atoms with Gasteiger partial charge in [0.2, 0.25) is 0 Å². The highest BCUT2D eigenvalue weighted by atomic mass is 32.2. The van der Waals surface area contributed by atoms with E-state index in [1.807, 2.05) is 4.72 Å². The molecule has 112 valence electrons. The number of sulfonamides is 1. The summed E-state index contributed by atoms with van der Waals surface area (Å²) in [6.07, 6.45) is 2.16. The van der Waals surface area contributed by atoms with E-state index in [-0.39, 0.29) is 16.0 Å². The number of nitriles is 1. The van der Waals surface area contributed by atoms with E-state index in [9.17, 15) is 17.6 Å². The molecule has 2 aromatic rings. The van der Waals surface area contributed by atoms with Crippen molar-refractivity contribution >= 4 is 21.7 Å². The standard InChI is InChI=1S/C13H8FN3O4S/c14-11-2-1-9(13(18)19)4-12(11)17-22(20,21)10-3-8(5-15)6-16-7-10/h1-4,6-7,17H,(H,18,19). The highest BCUT2D eigenvalue weighted by Gasteiger charge is 2.18. The Hall–Kier alpha value is -2.99. The topological polar surface area (TPSA) is 120 Å². The molecule has 0 saturated heterocycles. The minimum atomic E-state index is -4.21. The van der Waals surface area contributed by atoms with Crippen molar-refractivity contribution < 1.29 is 22.7 Å². The molecule has 2 N–H and O–H groups in total. The highest BCUT2D eigenvalue weighted by Crippen LogP contribution is 2.21. The summed E-state index contributed by atoms with van der Waals surface area (Å²) in [6.45, 7) is 0. The molecule has 0 aliphatic carbocycles. The van der Waals surface area contributed by atoms with Crippen LogP contribution in [0, 0.1) is 17.1 Å². The van der Waals surface area contributed by atoms with E-state index in [0.717, 1.165) is 30.5 Å². The maximum absolute atomic E-state index is 13.6. The van der Waals surface area contributed by atoms with Gasteiger partial charge >= 0.3 is 5.97 Å². The quantitative estimate of drug-likeness (QED) is 0.882. The fraction of sp³-hybridized carbons (Fsp3) is 0. The highest BCUT2D eigenvalue weighted by molar-refractivity contribution is 7.92. The Bertz CT molecular complexity index is 890. The third kappa shape index (κ3) is 3.18. The van der Waals surface area contributed by atoms with Crippen LogP contribution in [0.2, 0.25) is 0 Å². The number of carboxylic acid groups (broad SMARTS) is 1. The van der Waals surface area contributed by atoms with Crippen molar-refractivity contribution in [1.82, 2.24) is 4.98 Å². The number of anilines is 1. The van der Waals surface area contributed by atoms with Crippen LogP contribution in [-0.2, 0) is 10.0 Å². The van der Waals surface area contributed by atoms with E-state index in [2.05, 4.69) is 4.98 Å². The van der Waals surface area contributed by atoms with Gasteiger partial charge in [0.05, 0.1) is 16.8 Å². The van der Waals surface area contributed by atoms with Crippen LogP contribution >= 0.6 is 0 Å². The average Bonchev–Trinajstić information content (AvgIpc) is 2.49. The first kappa shape index (κ1) is 15.4. The van der Waals surface area contributed by atoms with E-state index in [4.69, 9.17) is 10.4 Å². The number of nitrogens with zero attached hydrogens (tertiary/aromatic N) is 2. The van der Waals surface area contributed by atoms with E-state index in [1.165, 1.54) is 6.20 Å². The lowest BCUT2D eigenvalue weighted by atomic mass is 10.2. The Kier molecular flexibility index (Phi) is 4.05. The Labute approximate surface area is 124 Å². The molecule has 0 aliphatic rings. The minimum absolute atomic E-state index is 0.0163. The number of pyridine rings is 1. The zero-order valence-electron chi connectivity index (χ0n) is 10.8. The normalized spacial score (nSPS) is 10.7. The van der Waals surface area contributed by atoms with E-state index in [0.29, 0.717) is 0 Å². The molecule has 0 amide bonds. The Morgan fingerprint density at radius 3 is 2.68 bits per heavy atom. The number of aromatic carboxylic acids is 1. The molecule has 0 fully saturated rings. The summed E-state index contributed by atoms with van der Waals surface area (Å²) in [5, 5.41) is 17.6. The van der Waals surface area contributed by atoms with Crippen molar-refractivity contribution in [3.8, 4) is 6.07 Å². The molecular formula is C13H8FN3O4S. The molecule has 9 heteroatoms. The second-order valence-corrected chi connectivity index (χ2v) is 5.81. The van der Waals surface area contributed by atoms with Crippen molar-refractivity contribution in [2.24, 2.45) is 0 Å². The van der Waals surface area contributed by atoms with Gasteiger partial charge in [-0.2, -0.15) is 5.26 Å². The molecule has 0 aliphatic heterocycles. The van der Waals surface area contributed by atoms with Gasteiger partial charge in [-0.25, -0.2) is 17.6 Å². The molecule has 1 aromatic carbocycles. The number of hydrogen-bond donors (Lipinski definition) is 2. The number of benzene rings is 1. The molecule has 0 bridgehead atoms. The van der Waals surface area contributed by atoms with Gasteiger partial charge < -0.3 is 5.11 Å². The summed E-state index contributed by atoms with van der Waals surface area (Å²) < 4.78 is 39.8. The fourth-order valence-electron chi connectivity index (χ4n) is 1.57. The summed E-state index contributed by atoms with van der Waals surface area (Å²) in [5.74, 6) is -2.26. The molecule has 7 nitrogen and oxygen atoms in total. The SMILES string of the molecule is N#Cc1cncc(S(=O)(=O)Nc2cc(C(=O)O)ccc2F)c1. The largest absolute Gasteiger partial charge is 0.478 e. The first-order valence-electron chi connectivity index (χ1n) is 5.74. The lowest BCUT2D eigenvalue weighted by molar-refractivity contribution is 0.0697. The Balaban J connectivity index is 2.43. The van der Waals surface area contributed by atoms with Crippen LogP contribution in [0.5, 0.6) is 0 Å². The smallest absolute Gasteiger partial charge is 0.335 e. The van der Waals surface area contributed by atoms with Gasteiger partial charge in [-0.15, -0.1) is 0 Å². The van der Waals surface area contributed by atoms with Crippen LogP contribution in [0.3, 0.4) is 0 Å². The van der Waals surface area contributed by atoms with Gasteiger partial charge in [-0.1, -0.05) is 0 Å². The van der Waals surface area contributed by atoms with Crippen LogP contribution in [0.4, 0.5) is 10.1 Å². The number of nitrogens with one attached hydrogen (secondary N) is 1. The number of hydrogen-bond acceptors (Lipinski definition) is 5. The maximum atomic E-state index is 13.6. The summed E-state index contributed by atoms with van der Waals surface area (Å²) in [4.78, 5) is 14.1. The van der Waals surface area contributed by atoms with Gasteiger partial charge in [0.15, 0.2) is 0 Å². The van der Waals surface area contributed by atoms with Gasteiger partial charge in [-0.3, -0.25) is 9.71 Å². The maximum Gasteiger partial charge on any atom is 0.335 e. The summed E-state index contributed by atoms with van der Waals surface area (Å²) >= 11 is 0. The lowest BCUT2D eigenvalue weighted by Gasteiger charge is -2.09. The first-order chi connectivity index (χ1) is 10.3. The van der Waals surface area contributed by atoms with E-state index < -0.39 is 27.5 Å². The molecular weight excluding hydrogens is 313 g/mol. The molecule has 0 spiro atoms. The molecule has 2 rings (SSSR count). The lowest BCUT2D eigenvalue weighted by Crippen LogP contribution is -2.15. The van der Waals surface area contributed by atoms with Crippen LogP contribution < -0.4 is 4.72 Å². The van der Waals surface area contributed by atoms with Crippen molar-refractivity contribution in [3.63, 3.8) is 0 Å². The minimum Gasteiger partial charge on any atom is -0.478 e. The molecule has 0 saturated carbocycles. The number of carboxylic acids is 1. The molecule has 22 heavy (non-hydrogen) atoms. The van der Waals surface area contributed by atoms with E-state index >= 15 is 0 Å². The van der Waals surface area contributed by atoms with Crippen molar-refractivity contribution in [1.29, 1.82) is 5.26 Å². The zero-order valence-corrected chi connectivity index (χ0v) is 11.6. The Morgan fingerprint density at radius 1 is 1.32 bits per heavy atom. The van der Waals surface area contributed by atoms with Crippen LogP contribution in [0.15, 0.2) is 41.6 Å². The average molecular weight is 321 g/mol. The van der Waals surface area contributed by atoms with E-state index in [1.54, 1.807) is 6.07 Å². The molecule has 1 heterocycles. The van der Waals surface area contributed by atoms with Gasteiger partial charge in [0.1, 0.15) is 16.8 Å². The van der Waals surface area contributed by atoms with Gasteiger partial charge in [0, 0.05) is 12.4 Å². The molecule has 0 atom stereocenters. The second-order valence-electron chi connectivity index (χ2n) is 4.13. The number of aromatic nitrogens is 1. The van der Waals surface area contributed by atoms with Crippen molar-refractivity contribution in [3.05, 3.63) is 53.6 Å². The predicted molar refractivity (Wildman–Crippen MR) is 73.1 cm³/mol. The predicted octanol–water partition coefficient (Wildman–Crippen LogP) is 1.59. The summed E-state index contributed by atoms with van der Waals surface area (Å²) in [7, 11) is -4.21. The molecule has 0 radical (unpaired) electrons. The molecule has 0 unspecified atom stereocenters. The number of carbonyl (C=O) groups is 1. The summed E-state index contributed by atoms with van der Waals surface area (Å²) in [6, 6.07) is 5.50. The zero-order chi connectivity index (χ0) is 16.3. The summed E-state index contributed by atoms with van der Waals surface area (Å²) in [5.41, 5.74) is -0.770. The van der Waals surface area contributed by atoms with Crippen molar-refractivity contribution in [2.45, 2.75) is 4.90 Å². The number of halogens is 1. The third-order valence-corrected chi connectivity index (χ3v) is 3.94. The van der Waals surface area contributed by atoms with Gasteiger partial charge in [-0.05, 0) is 24.3 Å².